The van der Waals surface area contributed by atoms with Gasteiger partial charge < -0.3 is 34.8 Å². The second-order valence-corrected chi connectivity index (χ2v) is 14.4. The summed E-state index contributed by atoms with van der Waals surface area (Å²) in [6.07, 6.45) is 13.2. The lowest BCUT2D eigenvalue weighted by Crippen LogP contribution is -2.56. The Morgan fingerprint density at radius 2 is 1.59 bits per heavy atom. The average Bonchev–Trinajstić information content (AvgIpc) is 3.56. The van der Waals surface area contributed by atoms with Gasteiger partial charge in [0.15, 0.2) is 11.4 Å². The van der Waals surface area contributed by atoms with Gasteiger partial charge in [0.05, 0.1) is 37.9 Å². The molecule has 1 heterocycles. The zero-order valence-electron chi connectivity index (χ0n) is 26.0. The number of carbonyl (C=O) groups excluding carboxylic acids is 1. The number of methoxy groups -OCH3 is 1. The fourth-order valence-electron chi connectivity index (χ4n) is 9.64. The zero-order chi connectivity index (χ0) is 32.5. The molecule has 1 aromatic heterocycles. The monoisotopic (exact) mass is 620 g/mol. The Morgan fingerprint density at radius 3 is 2.16 bits per heavy atom. The third-order valence-corrected chi connectivity index (χ3v) is 11.8. The largest absolute Gasteiger partial charge is 0.481 e. The topological polar surface area (TPSA) is 196 Å². The van der Waals surface area contributed by atoms with Crippen LogP contribution in [0.1, 0.15) is 84.5 Å². The number of carbonyl (C=O) groups is 4. The fraction of sp³-hybridized carbons (Fsp3) is 0.781. The Balaban J connectivity index is 0.000000289. The van der Waals surface area contributed by atoms with Gasteiger partial charge >= 0.3 is 17.9 Å². The van der Waals surface area contributed by atoms with E-state index in [1.54, 1.807) is 19.6 Å². The Morgan fingerprint density at radius 1 is 0.932 bits per heavy atom. The van der Waals surface area contributed by atoms with Gasteiger partial charge in [0.1, 0.15) is 0 Å². The second kappa shape index (κ2) is 12.9. The van der Waals surface area contributed by atoms with E-state index in [4.69, 9.17) is 25.2 Å². The third kappa shape index (κ3) is 6.72. The lowest BCUT2D eigenvalue weighted by atomic mass is 9.44. The van der Waals surface area contributed by atoms with Gasteiger partial charge in [-0.1, -0.05) is 13.8 Å². The van der Waals surface area contributed by atoms with Crippen LogP contribution in [0.25, 0.3) is 0 Å². The Bertz CT molecular complexity index is 1200. The molecule has 1 aromatic rings. The molecule has 4 fully saturated rings. The number of aliphatic hydroxyl groups is 2. The van der Waals surface area contributed by atoms with E-state index in [1.165, 1.54) is 32.1 Å². The molecule has 5 N–H and O–H groups in total. The molecule has 0 bridgehead atoms. The Hall–Kier alpha value is -2.83. The summed E-state index contributed by atoms with van der Waals surface area (Å²) in [5.74, 6) is -1.63. The molecule has 12 heteroatoms. The molecule has 0 saturated heterocycles. The molecular weight excluding hydrogens is 572 g/mol. The van der Waals surface area contributed by atoms with E-state index < -0.39 is 42.0 Å². The highest BCUT2D eigenvalue weighted by atomic mass is 16.5. The first kappa shape index (κ1) is 34.1. The van der Waals surface area contributed by atoms with E-state index in [0.717, 1.165) is 37.5 Å². The molecule has 0 radical (unpaired) electrons. The van der Waals surface area contributed by atoms with Crippen LogP contribution in [0.15, 0.2) is 18.7 Å². The van der Waals surface area contributed by atoms with Crippen LogP contribution in [0.5, 0.6) is 0 Å². The van der Waals surface area contributed by atoms with E-state index >= 15 is 0 Å². The lowest BCUT2D eigenvalue weighted by molar-refractivity contribution is -0.170. The molecule has 0 unspecified atom stereocenters. The van der Waals surface area contributed by atoms with E-state index in [9.17, 15) is 24.3 Å². The van der Waals surface area contributed by atoms with Gasteiger partial charge in [-0.2, -0.15) is 0 Å². The summed E-state index contributed by atoms with van der Waals surface area (Å²) in [6.45, 7) is 5.90. The number of nitrogens with zero attached hydrogens (tertiary/aromatic N) is 2. The number of carboxylic acid groups (broad SMARTS) is 3. The summed E-state index contributed by atoms with van der Waals surface area (Å²) in [5, 5.41) is 44.9. The van der Waals surface area contributed by atoms with Gasteiger partial charge in [-0.15, -0.1) is 0 Å². The molecule has 0 spiro atoms. The van der Waals surface area contributed by atoms with Gasteiger partial charge in [-0.25, -0.2) is 9.78 Å². The smallest absolute Gasteiger partial charge is 0.336 e. The minimum atomic E-state index is -2.74. The minimum absolute atomic E-state index is 0.160. The number of hydrogen-bond donors (Lipinski definition) is 5. The Labute approximate surface area is 257 Å². The number of fused-ring (bicyclic) bond motifs is 5. The zero-order valence-corrected chi connectivity index (χ0v) is 26.0. The number of aliphatic carboxylic acids is 3. The predicted molar refractivity (Wildman–Crippen MR) is 156 cm³/mol. The van der Waals surface area contributed by atoms with E-state index in [1.807, 2.05) is 10.8 Å². The van der Waals surface area contributed by atoms with E-state index in [0.29, 0.717) is 36.2 Å². The average molecular weight is 621 g/mol. The molecule has 44 heavy (non-hydrogen) atoms. The molecule has 0 amide bonds. The Kier molecular flexibility index (Phi) is 9.97. The summed E-state index contributed by atoms with van der Waals surface area (Å²) >= 11 is 0. The van der Waals surface area contributed by atoms with Crippen molar-refractivity contribution in [2.24, 2.45) is 40.4 Å². The van der Waals surface area contributed by atoms with Crippen LogP contribution in [0.3, 0.4) is 0 Å². The molecule has 4 aliphatic carbocycles. The fourth-order valence-corrected chi connectivity index (χ4v) is 9.64. The molecule has 5 rings (SSSR count). The molecule has 246 valence electrons. The summed E-state index contributed by atoms with van der Waals surface area (Å²) in [5.41, 5.74) is -2.87. The number of aromatic nitrogens is 2. The van der Waals surface area contributed by atoms with Crippen molar-refractivity contribution >= 4 is 23.7 Å². The molecule has 0 aromatic carbocycles. The number of rotatable bonds is 10. The van der Waals surface area contributed by atoms with Crippen molar-refractivity contribution in [3.63, 3.8) is 0 Å². The quantitative estimate of drug-likeness (QED) is 0.257. The van der Waals surface area contributed by atoms with Gasteiger partial charge in [-0.3, -0.25) is 14.4 Å². The first-order chi connectivity index (χ1) is 20.6. The summed E-state index contributed by atoms with van der Waals surface area (Å²) in [6, 6.07) is 0. The SMILES string of the molecule is COC[C@@]1(O)CC[C@@]2(C)[C@@H](CC[C@@H]3[C@@H]2CC[C@]2(C)[C@@H](C(=O)Cn4ccnc4)CC[C@@H]32)C1.O=C(O)CC(O)(CC(=O)O)C(=O)O. The number of Topliss-reactive ketones (excluding diaryl/α,β-unsaturated/α-hetero) is 1. The number of ether oxygens (including phenoxy) is 1. The van der Waals surface area contributed by atoms with Crippen molar-refractivity contribution in [2.75, 3.05) is 13.7 Å². The standard InChI is InChI=1S/C26H40N2O3.C6H8O7/c1-24-10-11-26(30,16-31-3)14-18(24)4-5-19-20-6-7-22(25(20,2)9-8-21(19)24)23(29)15-28-13-12-27-17-28;7-3(8)1-6(13,5(11)12)2-4(9)10/h12-13,17-22,30H,4-11,14-16H2,1-3H3;13H,1-2H2,(H,7,8)(H,9,10)(H,11,12)/t18-,19-,20-,21-,22+,24-,25-,26+;/m0./s1. The lowest BCUT2D eigenvalue weighted by Gasteiger charge is -2.62. The minimum Gasteiger partial charge on any atom is -0.481 e. The van der Waals surface area contributed by atoms with Gasteiger partial charge in [0, 0.05) is 25.4 Å². The molecular formula is C32H48N2O10. The molecule has 4 aliphatic rings. The van der Waals surface area contributed by atoms with Crippen molar-refractivity contribution < 1.29 is 49.4 Å². The first-order valence-electron chi connectivity index (χ1n) is 15.7. The maximum atomic E-state index is 13.3. The van der Waals surface area contributed by atoms with Crippen LogP contribution < -0.4 is 0 Å². The van der Waals surface area contributed by atoms with Gasteiger partial charge in [0.2, 0.25) is 0 Å². The van der Waals surface area contributed by atoms with Crippen molar-refractivity contribution in [1.29, 1.82) is 0 Å². The van der Waals surface area contributed by atoms with Crippen molar-refractivity contribution in [3.05, 3.63) is 18.7 Å². The van der Waals surface area contributed by atoms with E-state index in [2.05, 4.69) is 18.8 Å². The highest BCUT2D eigenvalue weighted by molar-refractivity contribution is 5.88. The van der Waals surface area contributed by atoms with Crippen LogP contribution in [0, 0.1) is 40.4 Å². The first-order valence-corrected chi connectivity index (χ1v) is 15.7. The van der Waals surface area contributed by atoms with Gasteiger partial charge in [-0.05, 0) is 92.3 Å². The summed E-state index contributed by atoms with van der Waals surface area (Å²) < 4.78 is 7.29. The van der Waals surface area contributed by atoms with Gasteiger partial charge in [0.25, 0.3) is 0 Å². The molecule has 4 saturated carbocycles. The highest BCUT2D eigenvalue weighted by Crippen LogP contribution is 2.68. The van der Waals surface area contributed by atoms with Crippen molar-refractivity contribution in [2.45, 2.75) is 102 Å². The van der Waals surface area contributed by atoms with Crippen molar-refractivity contribution in [1.82, 2.24) is 9.55 Å². The van der Waals surface area contributed by atoms with Crippen LogP contribution in [0.4, 0.5) is 0 Å². The third-order valence-electron chi connectivity index (χ3n) is 11.8. The predicted octanol–water partition coefficient (Wildman–Crippen LogP) is 3.24. The van der Waals surface area contributed by atoms with Crippen LogP contribution >= 0.6 is 0 Å². The van der Waals surface area contributed by atoms with Crippen LogP contribution in [-0.2, 0) is 30.5 Å². The maximum Gasteiger partial charge on any atom is 0.336 e. The molecule has 8 atom stereocenters. The van der Waals surface area contributed by atoms with Crippen LogP contribution in [-0.4, -0.2) is 83.7 Å². The van der Waals surface area contributed by atoms with E-state index in [-0.39, 0.29) is 11.3 Å². The van der Waals surface area contributed by atoms with Crippen molar-refractivity contribution in [3.8, 4) is 0 Å². The summed E-state index contributed by atoms with van der Waals surface area (Å²) in [7, 11) is 1.70. The normalized spacial score (nSPS) is 36.2. The summed E-state index contributed by atoms with van der Waals surface area (Å²) in [4.78, 5) is 47.9. The number of ketones is 1. The second-order valence-electron chi connectivity index (χ2n) is 14.4. The molecule has 12 nitrogen and oxygen atoms in total. The highest BCUT2D eigenvalue weighted by Gasteiger charge is 2.62. The number of hydrogen-bond acceptors (Lipinski definition) is 8. The molecule has 0 aliphatic heterocycles. The number of carboxylic acids is 3. The maximum absolute atomic E-state index is 13.3. The number of imidazole rings is 1. The van der Waals surface area contributed by atoms with Crippen LogP contribution in [0.2, 0.25) is 0 Å².